The highest BCUT2D eigenvalue weighted by molar-refractivity contribution is 6.00. The van der Waals surface area contributed by atoms with Gasteiger partial charge in [-0.1, -0.05) is 0 Å². The predicted octanol–water partition coefficient (Wildman–Crippen LogP) is 2.62. The van der Waals surface area contributed by atoms with E-state index in [2.05, 4.69) is 4.90 Å². The van der Waals surface area contributed by atoms with Crippen LogP contribution in [-0.4, -0.2) is 60.2 Å². The summed E-state index contributed by atoms with van der Waals surface area (Å²) < 4.78 is 5.46. The second kappa shape index (κ2) is 6.81. The molecule has 2 saturated heterocycles. The quantitative estimate of drug-likeness (QED) is 0.748. The molecule has 5 atom stereocenters. The van der Waals surface area contributed by atoms with Crippen LogP contribution in [0.4, 0.5) is 0 Å². The maximum Gasteiger partial charge on any atom is 0.253 e. The maximum absolute atomic E-state index is 13.2. The number of nitrogens with zero attached hydrogens (tertiary/aromatic N) is 2. The first kappa shape index (κ1) is 19.3. The Morgan fingerprint density at radius 1 is 1.06 bits per heavy atom. The molecule has 1 aromatic rings. The molecule has 1 spiro atoms. The summed E-state index contributed by atoms with van der Waals surface area (Å²) in [7, 11) is 0. The van der Waals surface area contributed by atoms with Gasteiger partial charge in [-0.3, -0.25) is 14.4 Å². The van der Waals surface area contributed by atoms with Crippen molar-refractivity contribution in [3.8, 4) is 5.75 Å². The first-order valence-corrected chi connectivity index (χ1v) is 11.9. The average Bonchev–Trinajstić information content (AvgIpc) is 3.13. The minimum Gasteiger partial charge on any atom is -0.494 e. The van der Waals surface area contributed by atoms with E-state index in [1.807, 2.05) is 36.1 Å². The fourth-order valence-corrected chi connectivity index (χ4v) is 7.15. The minimum absolute atomic E-state index is 0.0148. The standard InChI is InChI=1S/C25H30N2O4/c1-2-31-16-5-3-15(4-6-16)23(29)26-10-7-25(8-11-26)9-12-27(14-25)24(30)21-18-13-17-19(21)20(17)22(18)28/h3-6,17-21H,2,7-14H2,1H3. The zero-order chi connectivity index (χ0) is 21.3. The largest absolute Gasteiger partial charge is 0.494 e. The second-order valence-corrected chi connectivity index (χ2v) is 10.3. The minimum atomic E-state index is -0.0148. The number of ketones is 1. The van der Waals surface area contributed by atoms with Crippen molar-refractivity contribution >= 4 is 17.6 Å². The Morgan fingerprint density at radius 2 is 1.74 bits per heavy atom. The van der Waals surface area contributed by atoms with Crippen LogP contribution in [0.3, 0.4) is 0 Å². The van der Waals surface area contributed by atoms with Gasteiger partial charge in [-0.15, -0.1) is 0 Å². The summed E-state index contributed by atoms with van der Waals surface area (Å²) >= 11 is 0. The molecule has 2 heterocycles. The van der Waals surface area contributed by atoms with Gasteiger partial charge in [-0.05, 0) is 74.1 Å². The van der Waals surface area contributed by atoms with Crippen LogP contribution < -0.4 is 4.74 Å². The van der Waals surface area contributed by atoms with Crippen LogP contribution in [0.25, 0.3) is 0 Å². The summed E-state index contributed by atoms with van der Waals surface area (Å²) in [5.74, 6) is 2.62. The number of amides is 2. The average molecular weight is 423 g/mol. The molecule has 6 fully saturated rings. The van der Waals surface area contributed by atoms with E-state index < -0.39 is 0 Å². The Hall–Kier alpha value is -2.37. The molecule has 7 rings (SSSR count). The molecule has 4 aliphatic carbocycles. The lowest BCUT2D eigenvalue weighted by atomic mass is 9.77. The number of rotatable bonds is 4. The Morgan fingerprint density at radius 3 is 2.29 bits per heavy atom. The Kier molecular flexibility index (Phi) is 4.25. The summed E-state index contributed by atoms with van der Waals surface area (Å²) in [5.41, 5.74) is 0.839. The van der Waals surface area contributed by atoms with Crippen molar-refractivity contribution in [2.75, 3.05) is 32.8 Å². The fourth-order valence-electron chi connectivity index (χ4n) is 7.15. The molecule has 31 heavy (non-hydrogen) atoms. The number of carbonyl (C=O) groups is 3. The molecule has 1 aromatic carbocycles. The van der Waals surface area contributed by atoms with E-state index in [0.29, 0.717) is 29.8 Å². The normalized spacial score (nSPS) is 34.5. The van der Waals surface area contributed by atoms with Crippen LogP contribution in [0.2, 0.25) is 0 Å². The van der Waals surface area contributed by atoms with E-state index in [1.165, 1.54) is 0 Å². The maximum atomic E-state index is 13.2. The van der Waals surface area contributed by atoms with Crippen LogP contribution >= 0.6 is 0 Å². The molecule has 6 nitrogen and oxygen atoms in total. The third-order valence-electron chi connectivity index (χ3n) is 8.86. The van der Waals surface area contributed by atoms with E-state index in [9.17, 15) is 14.4 Å². The third kappa shape index (κ3) is 2.86. The van der Waals surface area contributed by atoms with Gasteiger partial charge in [0.15, 0.2) is 0 Å². The number of hydrogen-bond donors (Lipinski definition) is 0. The summed E-state index contributed by atoms with van der Waals surface area (Å²) in [4.78, 5) is 42.4. The van der Waals surface area contributed by atoms with Crippen LogP contribution in [0.1, 0.15) is 43.0 Å². The van der Waals surface area contributed by atoms with Crippen molar-refractivity contribution in [2.45, 2.75) is 32.6 Å². The van der Waals surface area contributed by atoms with E-state index in [1.54, 1.807) is 0 Å². The third-order valence-corrected chi connectivity index (χ3v) is 8.86. The van der Waals surface area contributed by atoms with Crippen LogP contribution in [0, 0.1) is 35.0 Å². The Bertz CT molecular complexity index is 933. The molecule has 0 N–H and O–H groups in total. The molecule has 0 aromatic heterocycles. The molecule has 2 amide bonds. The van der Waals surface area contributed by atoms with Crippen LogP contribution in [0.5, 0.6) is 5.75 Å². The fraction of sp³-hybridized carbons (Fsp3) is 0.640. The van der Waals surface area contributed by atoms with E-state index in [-0.39, 0.29) is 35.0 Å². The summed E-state index contributed by atoms with van der Waals surface area (Å²) in [6, 6.07) is 7.39. The zero-order valence-electron chi connectivity index (χ0n) is 18.1. The van der Waals surface area contributed by atoms with Crippen molar-refractivity contribution in [1.29, 1.82) is 0 Å². The Balaban J connectivity index is 1.06. The first-order chi connectivity index (χ1) is 15.0. The first-order valence-electron chi connectivity index (χ1n) is 11.9. The van der Waals surface area contributed by atoms with Gasteiger partial charge >= 0.3 is 0 Å². The van der Waals surface area contributed by atoms with Gasteiger partial charge in [0.05, 0.1) is 12.5 Å². The topological polar surface area (TPSA) is 66.9 Å². The van der Waals surface area contributed by atoms with Gasteiger partial charge in [0.2, 0.25) is 5.91 Å². The number of carbonyl (C=O) groups excluding carboxylic acids is 3. The highest BCUT2D eigenvalue weighted by Gasteiger charge is 2.75. The lowest BCUT2D eigenvalue weighted by Gasteiger charge is -2.39. The van der Waals surface area contributed by atoms with E-state index in [0.717, 1.165) is 57.6 Å². The lowest BCUT2D eigenvalue weighted by molar-refractivity contribution is -0.138. The van der Waals surface area contributed by atoms with Crippen molar-refractivity contribution in [3.05, 3.63) is 29.8 Å². The van der Waals surface area contributed by atoms with Gasteiger partial charge in [-0.25, -0.2) is 0 Å². The van der Waals surface area contributed by atoms with E-state index >= 15 is 0 Å². The highest BCUT2D eigenvalue weighted by atomic mass is 16.5. The van der Waals surface area contributed by atoms with Gasteiger partial charge < -0.3 is 14.5 Å². The molecular weight excluding hydrogens is 392 g/mol. The summed E-state index contributed by atoms with van der Waals surface area (Å²) in [6.45, 7) is 5.65. The van der Waals surface area contributed by atoms with Crippen molar-refractivity contribution in [1.82, 2.24) is 9.80 Å². The number of Topliss-reactive ketones (excluding diaryl/α,β-unsaturated/α-hetero) is 1. The SMILES string of the molecule is CCOc1ccc(C(=O)N2CCC3(CC2)CCN(C(=O)C2C4CC5C(C4=O)C52)C3)cc1. The van der Waals surface area contributed by atoms with Crippen molar-refractivity contribution < 1.29 is 19.1 Å². The van der Waals surface area contributed by atoms with Crippen molar-refractivity contribution in [3.63, 3.8) is 0 Å². The molecule has 0 radical (unpaired) electrons. The highest BCUT2D eigenvalue weighted by Crippen LogP contribution is 2.71. The molecule has 5 unspecified atom stereocenters. The number of hydrogen-bond acceptors (Lipinski definition) is 4. The predicted molar refractivity (Wildman–Crippen MR) is 113 cm³/mol. The lowest BCUT2D eigenvalue weighted by Crippen LogP contribution is -2.45. The number of likely N-dealkylation sites (tertiary alicyclic amines) is 2. The number of ether oxygens (including phenoxy) is 1. The summed E-state index contributed by atoms with van der Waals surface area (Å²) in [6.07, 6.45) is 3.88. The van der Waals surface area contributed by atoms with Crippen LogP contribution in [-0.2, 0) is 9.59 Å². The molecule has 2 aliphatic heterocycles. The summed E-state index contributed by atoms with van der Waals surface area (Å²) in [5, 5.41) is 0. The number of piperidine rings is 1. The van der Waals surface area contributed by atoms with Gasteiger partial charge in [0.1, 0.15) is 11.5 Å². The molecular formula is C25H30N2O4. The monoisotopic (exact) mass is 422 g/mol. The Labute approximate surface area is 182 Å². The number of benzene rings is 1. The van der Waals surface area contributed by atoms with Crippen molar-refractivity contribution in [2.24, 2.45) is 35.0 Å². The zero-order valence-corrected chi connectivity index (χ0v) is 18.1. The van der Waals surface area contributed by atoms with Gasteiger partial charge in [-0.2, -0.15) is 0 Å². The van der Waals surface area contributed by atoms with Gasteiger partial charge in [0, 0.05) is 43.6 Å². The second-order valence-electron chi connectivity index (χ2n) is 10.3. The molecule has 164 valence electrons. The molecule has 6 aliphatic rings. The molecule has 4 saturated carbocycles. The molecule has 4 bridgehead atoms. The van der Waals surface area contributed by atoms with Crippen LogP contribution in [0.15, 0.2) is 24.3 Å². The molecule has 6 heteroatoms. The smallest absolute Gasteiger partial charge is 0.253 e. The van der Waals surface area contributed by atoms with E-state index in [4.69, 9.17) is 4.74 Å². The van der Waals surface area contributed by atoms with Gasteiger partial charge in [0.25, 0.3) is 5.91 Å².